The lowest BCUT2D eigenvalue weighted by molar-refractivity contribution is -0.494. The summed E-state index contributed by atoms with van der Waals surface area (Å²) in [6.45, 7) is 0. The summed E-state index contributed by atoms with van der Waals surface area (Å²) in [5, 5.41) is 0. The van der Waals surface area contributed by atoms with Gasteiger partial charge < -0.3 is 0 Å². The van der Waals surface area contributed by atoms with Gasteiger partial charge in [0.05, 0.1) is 0 Å². The van der Waals surface area contributed by atoms with E-state index in [1.807, 2.05) is 0 Å². The maximum absolute atomic E-state index is 14.5. The first-order chi connectivity index (χ1) is 30.9. The Hall–Kier alpha value is -3.26. The van der Waals surface area contributed by atoms with Crippen LogP contribution in [0.5, 0.6) is 0 Å². The zero-order valence-electron chi connectivity index (χ0n) is 30.9. The molecule has 52 heteroatoms. The molecule has 0 amide bonds. The van der Waals surface area contributed by atoms with Gasteiger partial charge in [0.1, 0.15) is 0 Å². The van der Waals surface area contributed by atoms with E-state index >= 15 is 0 Å². The fourth-order valence-electron chi connectivity index (χ4n) is 4.24. The summed E-state index contributed by atoms with van der Waals surface area (Å²) in [7, 11) is -11.1. The molecule has 0 aromatic heterocycles. The summed E-state index contributed by atoms with van der Waals surface area (Å²) in [6, 6.07) is 0. The Labute approximate surface area is 365 Å². The normalized spacial score (nSPS) is 17.4. The van der Waals surface area contributed by atoms with E-state index in [1.54, 1.807) is 0 Å². The third-order valence-corrected chi connectivity index (χ3v) is 10.8. The maximum atomic E-state index is 14.5. The van der Waals surface area contributed by atoms with Crippen LogP contribution in [0.2, 0.25) is 0 Å². The molecule has 0 aliphatic heterocycles. The van der Waals surface area contributed by atoms with Crippen molar-refractivity contribution >= 4 is 8.80 Å². The van der Waals surface area contributed by atoms with Crippen LogP contribution in [0.1, 0.15) is 0 Å². The molecule has 3 nitrogen and oxygen atoms in total. The highest BCUT2D eigenvalue weighted by Gasteiger charge is 3.04. The second kappa shape index (κ2) is 17.4. The van der Waals surface area contributed by atoms with Gasteiger partial charge in [0, 0.05) is 0 Å². The molecule has 0 spiro atoms. The number of hydrogen-bond acceptors (Lipinski definition) is 3. The van der Waals surface area contributed by atoms with Crippen molar-refractivity contribution in [2.45, 2.75) is 131 Å². The van der Waals surface area contributed by atoms with Crippen molar-refractivity contribution in [1.82, 2.24) is 0 Å². The molecule has 0 fully saturated rings. The Kier molecular flexibility index (Phi) is 16.6. The van der Waals surface area contributed by atoms with Gasteiger partial charge in [-0.1, -0.05) is 0 Å². The second-order valence-electron chi connectivity index (χ2n) is 13.0. The van der Waals surface area contributed by atoms with Crippen molar-refractivity contribution in [2.24, 2.45) is 0 Å². The van der Waals surface area contributed by atoms with Crippen molar-refractivity contribution < 1.29 is 224 Å². The average molecular weight is 1250 g/mol. The van der Waals surface area contributed by atoms with Crippen LogP contribution in [-0.2, 0) is 13.3 Å². The zero-order chi connectivity index (χ0) is 61.6. The summed E-state index contributed by atoms with van der Waals surface area (Å²) >= 11 is 0. The lowest BCUT2D eigenvalue weighted by Gasteiger charge is -2.47. The number of hydrogen-bond donors (Lipinski definition) is 0. The Morgan fingerprint density at radius 1 is 0.149 bits per heavy atom. The van der Waals surface area contributed by atoms with E-state index in [-0.39, 0.29) is 0 Å². The van der Waals surface area contributed by atoms with Gasteiger partial charge in [-0.05, 0) is 0 Å². The van der Waals surface area contributed by atoms with Crippen LogP contribution in [0.4, 0.5) is 211 Å². The smallest absolute Gasteiger partial charge is 0.280 e. The van der Waals surface area contributed by atoms with Crippen LogP contribution in [0.15, 0.2) is 0 Å². The Morgan fingerprint density at radius 2 is 0.257 bits per heavy atom. The van der Waals surface area contributed by atoms with Crippen LogP contribution in [0, 0.1) is 0 Å². The van der Waals surface area contributed by atoms with Crippen molar-refractivity contribution in [3.63, 3.8) is 0 Å². The molecule has 0 aliphatic carbocycles. The monoisotopic (exact) mass is 1250 g/mol. The molecule has 0 heterocycles. The Bertz CT molecular complexity index is 1950. The van der Waals surface area contributed by atoms with Gasteiger partial charge in [0.25, 0.3) is 0 Å². The molecule has 0 aromatic rings. The van der Waals surface area contributed by atoms with E-state index in [0.29, 0.717) is 0 Å². The lowest BCUT2D eigenvalue weighted by atomic mass is 9.82. The van der Waals surface area contributed by atoms with Gasteiger partial charge >= 0.3 is 140 Å². The molecule has 0 N–H and O–H groups in total. The molecule has 0 aromatic carbocycles. The van der Waals surface area contributed by atoms with Crippen LogP contribution in [-0.4, -0.2) is 140 Å². The van der Waals surface area contributed by atoms with E-state index in [2.05, 4.69) is 0 Å². The summed E-state index contributed by atoms with van der Waals surface area (Å²) in [6.07, 6.45) is -33.1. The third-order valence-electron chi connectivity index (χ3n) is 8.19. The third kappa shape index (κ3) is 9.14. The van der Waals surface area contributed by atoms with Gasteiger partial charge in [0.15, 0.2) is 0 Å². The topological polar surface area (TPSA) is 27.7 Å². The predicted molar refractivity (Wildman–Crippen MR) is 122 cm³/mol. The molecule has 446 valence electrons. The largest absolute Gasteiger partial charge is 0.601 e. The lowest BCUT2D eigenvalue weighted by Crippen LogP contribution is -2.81. The molecule has 0 saturated carbocycles. The van der Waals surface area contributed by atoms with Crippen LogP contribution < -0.4 is 0 Å². The van der Waals surface area contributed by atoms with E-state index in [4.69, 9.17) is 0 Å². The SMILES string of the molecule is FC(F)(F)O[Si](OC(F)(F)F)(OC(F)(F)F)C(F)(F)C(F)(F)C(F)(F)C(F)(F)C(F)(F)C(F)(F)C(F)(F)C(F)(F)C(F)(F)C(F)(F)C(F)(F)C(F)(F)C(F)(F)C(F)(F)C(F)(F)C(F)(F)C(F)(F)C(F)(F)C(F)(F)F. The molecule has 0 radical (unpaired) electrons. The molecule has 0 unspecified atom stereocenters. The summed E-state index contributed by atoms with van der Waals surface area (Å²) in [5.41, 5.74) is -9.86. The van der Waals surface area contributed by atoms with Crippen molar-refractivity contribution in [1.29, 1.82) is 0 Å². The molecule has 74 heavy (non-hydrogen) atoms. The maximum Gasteiger partial charge on any atom is 0.601 e. The van der Waals surface area contributed by atoms with Crippen LogP contribution in [0.3, 0.4) is 0 Å². The Balaban J connectivity index is 8.32. The minimum Gasteiger partial charge on any atom is -0.280 e. The van der Waals surface area contributed by atoms with Crippen molar-refractivity contribution in [3.8, 4) is 0 Å². The standard InChI is InChI=1S/C22F48O3Si/c23-1(24,2(25,26)4(29,30)6(33,34)8(37,38)10(41,42)12(45,46)14(49,50)16(53,54)18(57,58)59)3(27,28)5(31,32)7(35,36)9(39,40)11(43,44)13(47,48)15(51,52)17(55,56)19(60,61)74(71-20(62,63)64,72-21(65,66)67)73-22(68,69)70. The number of alkyl halides is 48. The molecule has 0 saturated heterocycles. The minimum absolute atomic E-state index is 1.09. The highest BCUT2D eigenvalue weighted by Crippen LogP contribution is 2.71. The van der Waals surface area contributed by atoms with E-state index < -0.39 is 140 Å². The van der Waals surface area contributed by atoms with Gasteiger partial charge in [-0.3, -0.25) is 13.3 Å². The quantitative estimate of drug-likeness (QED) is 0.0847. The second-order valence-corrected chi connectivity index (χ2v) is 15.4. The summed E-state index contributed by atoms with van der Waals surface area (Å²) in [5.74, 6) is -178. The van der Waals surface area contributed by atoms with Gasteiger partial charge in [0.2, 0.25) is 0 Å². The molecule has 0 atom stereocenters. The molecule has 0 aliphatic rings. The van der Waals surface area contributed by atoms with E-state index in [1.165, 1.54) is 0 Å². The zero-order valence-corrected chi connectivity index (χ0v) is 31.9. The summed E-state index contributed by atoms with van der Waals surface area (Å²) < 4.78 is 655. The number of halogens is 48. The highest BCUT2D eigenvalue weighted by atomic mass is 28.4. The van der Waals surface area contributed by atoms with E-state index in [9.17, 15) is 211 Å². The molecule has 0 bridgehead atoms. The summed E-state index contributed by atoms with van der Waals surface area (Å²) in [4.78, 5) is 0. The van der Waals surface area contributed by atoms with Gasteiger partial charge in [-0.25, -0.2) is 0 Å². The molecule has 0 rings (SSSR count). The van der Waals surface area contributed by atoms with Crippen LogP contribution >= 0.6 is 0 Å². The fraction of sp³-hybridized carbons (Fsp3) is 1.00. The Morgan fingerprint density at radius 3 is 0.365 bits per heavy atom. The van der Waals surface area contributed by atoms with Gasteiger partial charge in [-0.15, -0.1) is 39.5 Å². The first-order valence-corrected chi connectivity index (χ1v) is 16.8. The number of rotatable bonds is 21. The fourth-order valence-corrected chi connectivity index (χ4v) is 6.20. The van der Waals surface area contributed by atoms with Crippen LogP contribution in [0.25, 0.3) is 0 Å². The first-order valence-electron chi connectivity index (χ1n) is 15.0. The van der Waals surface area contributed by atoms with Crippen molar-refractivity contribution in [3.05, 3.63) is 0 Å². The highest BCUT2D eigenvalue weighted by molar-refractivity contribution is 6.64. The van der Waals surface area contributed by atoms with Crippen molar-refractivity contribution in [2.75, 3.05) is 0 Å². The van der Waals surface area contributed by atoms with Gasteiger partial charge in [-0.2, -0.15) is 171 Å². The average Bonchev–Trinajstić information content (AvgIpc) is 3.10. The predicted octanol–water partition coefficient (Wildman–Crippen LogP) is 15.1. The van der Waals surface area contributed by atoms with E-state index in [0.717, 1.165) is 13.3 Å². The molecular weight excluding hydrogens is 1250 g/mol. The minimum atomic E-state index is -11.1. The molecular formula is C22F48O3Si. The first kappa shape index (κ1) is 70.7.